The van der Waals surface area contributed by atoms with Gasteiger partial charge in [-0.15, -0.1) is 0 Å². The maximum absolute atomic E-state index is 11.8. The second-order valence-corrected chi connectivity index (χ2v) is 4.51. The molecule has 6 nitrogen and oxygen atoms in total. The lowest BCUT2D eigenvalue weighted by atomic mass is 10.2. The Kier molecular flexibility index (Phi) is 3.83. The normalized spacial score (nSPS) is 28.4. The summed E-state index contributed by atoms with van der Waals surface area (Å²) in [5, 5.41) is 11.7. The van der Waals surface area contributed by atoms with Gasteiger partial charge in [0.25, 0.3) is 0 Å². The third-order valence-corrected chi connectivity index (χ3v) is 3.30. The number of hydrogen-bond donors (Lipinski definition) is 2. The van der Waals surface area contributed by atoms with Crippen molar-refractivity contribution in [1.29, 1.82) is 0 Å². The zero-order valence-electron chi connectivity index (χ0n) is 9.72. The molecule has 0 aromatic carbocycles. The van der Waals surface area contributed by atoms with E-state index in [1.54, 1.807) is 0 Å². The van der Waals surface area contributed by atoms with E-state index in [0.717, 1.165) is 25.9 Å². The Morgan fingerprint density at radius 1 is 1.35 bits per heavy atom. The van der Waals surface area contributed by atoms with E-state index in [1.165, 1.54) is 4.90 Å². The van der Waals surface area contributed by atoms with Gasteiger partial charge in [0.1, 0.15) is 6.04 Å². The standard InChI is InChI=1S/C11H18N2O4/c14-10(15)9-4-1-5-13(9)11(16)12-7-8-3-2-6-17-8/h8-9H,1-7H2,(H,12,16)(H,14,15). The van der Waals surface area contributed by atoms with Gasteiger partial charge in [-0.1, -0.05) is 0 Å². The van der Waals surface area contributed by atoms with E-state index >= 15 is 0 Å². The Hall–Kier alpha value is -1.30. The number of carbonyl (C=O) groups excluding carboxylic acids is 1. The molecule has 2 aliphatic heterocycles. The molecule has 2 rings (SSSR count). The summed E-state index contributed by atoms with van der Waals surface area (Å²) in [6.07, 6.45) is 3.38. The third-order valence-electron chi connectivity index (χ3n) is 3.30. The molecule has 0 spiro atoms. The van der Waals surface area contributed by atoms with Crippen LogP contribution in [0.2, 0.25) is 0 Å². The molecule has 0 radical (unpaired) electrons. The molecule has 2 fully saturated rings. The fourth-order valence-electron chi connectivity index (χ4n) is 2.37. The first-order chi connectivity index (χ1) is 8.18. The molecule has 2 amide bonds. The van der Waals surface area contributed by atoms with Crippen LogP contribution in [-0.2, 0) is 9.53 Å². The predicted molar refractivity (Wildman–Crippen MR) is 59.7 cm³/mol. The van der Waals surface area contributed by atoms with Crippen LogP contribution in [0, 0.1) is 0 Å². The molecule has 0 bridgehead atoms. The number of carboxylic acid groups (broad SMARTS) is 1. The van der Waals surface area contributed by atoms with Gasteiger partial charge in [-0.3, -0.25) is 0 Å². The van der Waals surface area contributed by atoms with Crippen LogP contribution in [0.4, 0.5) is 4.79 Å². The van der Waals surface area contributed by atoms with Crippen LogP contribution in [0.5, 0.6) is 0 Å². The molecule has 2 heterocycles. The topological polar surface area (TPSA) is 78.9 Å². The summed E-state index contributed by atoms with van der Waals surface area (Å²) < 4.78 is 5.39. The number of nitrogens with zero attached hydrogens (tertiary/aromatic N) is 1. The van der Waals surface area contributed by atoms with Crippen LogP contribution in [-0.4, -0.2) is 53.8 Å². The van der Waals surface area contributed by atoms with Crippen LogP contribution in [0.3, 0.4) is 0 Å². The summed E-state index contributed by atoms with van der Waals surface area (Å²) in [6, 6.07) is -0.954. The quantitative estimate of drug-likeness (QED) is 0.752. The highest BCUT2D eigenvalue weighted by Crippen LogP contribution is 2.17. The maximum Gasteiger partial charge on any atom is 0.326 e. The van der Waals surface area contributed by atoms with Crippen LogP contribution in [0.25, 0.3) is 0 Å². The minimum atomic E-state index is -0.922. The summed E-state index contributed by atoms with van der Waals surface area (Å²) >= 11 is 0. The van der Waals surface area contributed by atoms with Crippen LogP contribution >= 0.6 is 0 Å². The van der Waals surface area contributed by atoms with Gasteiger partial charge >= 0.3 is 12.0 Å². The number of hydrogen-bond acceptors (Lipinski definition) is 3. The van der Waals surface area contributed by atoms with Crippen molar-refractivity contribution >= 4 is 12.0 Å². The van der Waals surface area contributed by atoms with Crippen molar-refractivity contribution in [2.75, 3.05) is 19.7 Å². The van der Waals surface area contributed by atoms with Gasteiger partial charge in [0.2, 0.25) is 0 Å². The van der Waals surface area contributed by atoms with Gasteiger partial charge in [0, 0.05) is 19.7 Å². The summed E-state index contributed by atoms with van der Waals surface area (Å²) in [6.45, 7) is 1.75. The van der Waals surface area contributed by atoms with Crippen LogP contribution in [0.15, 0.2) is 0 Å². The molecule has 2 N–H and O–H groups in total. The largest absolute Gasteiger partial charge is 0.480 e. The predicted octanol–water partition coefficient (Wildman–Crippen LogP) is 0.424. The lowest BCUT2D eigenvalue weighted by Crippen LogP contribution is -2.47. The molecule has 0 aromatic heterocycles. The molecule has 6 heteroatoms. The van der Waals surface area contributed by atoms with E-state index in [0.29, 0.717) is 19.5 Å². The highest BCUT2D eigenvalue weighted by molar-refractivity contribution is 5.83. The van der Waals surface area contributed by atoms with Crippen molar-refractivity contribution in [2.24, 2.45) is 0 Å². The van der Waals surface area contributed by atoms with Gasteiger partial charge in [-0.25, -0.2) is 9.59 Å². The number of rotatable bonds is 3. The molecule has 0 aromatic rings. The molecular weight excluding hydrogens is 224 g/mol. The van der Waals surface area contributed by atoms with Gasteiger partial charge in [-0.2, -0.15) is 0 Å². The lowest BCUT2D eigenvalue weighted by molar-refractivity contribution is -0.141. The van der Waals surface area contributed by atoms with Crippen molar-refractivity contribution in [3.63, 3.8) is 0 Å². The van der Waals surface area contributed by atoms with Crippen molar-refractivity contribution < 1.29 is 19.4 Å². The first kappa shape index (κ1) is 12.2. The summed E-state index contributed by atoms with van der Waals surface area (Å²) in [7, 11) is 0. The molecular formula is C11H18N2O4. The number of amides is 2. The Morgan fingerprint density at radius 3 is 2.82 bits per heavy atom. The average Bonchev–Trinajstić information content (AvgIpc) is 2.96. The van der Waals surface area contributed by atoms with Gasteiger partial charge in [0.05, 0.1) is 6.10 Å². The molecule has 0 aliphatic carbocycles. The third kappa shape index (κ3) is 2.88. The monoisotopic (exact) mass is 242 g/mol. The average molecular weight is 242 g/mol. The van der Waals surface area contributed by atoms with E-state index in [2.05, 4.69) is 5.32 Å². The first-order valence-corrected chi connectivity index (χ1v) is 6.07. The zero-order valence-corrected chi connectivity index (χ0v) is 9.72. The van der Waals surface area contributed by atoms with Crippen molar-refractivity contribution in [2.45, 2.75) is 37.8 Å². The Labute approximate surface area is 99.9 Å². The van der Waals surface area contributed by atoms with E-state index in [4.69, 9.17) is 9.84 Å². The number of aliphatic carboxylic acids is 1. The Morgan fingerprint density at radius 2 is 2.18 bits per heavy atom. The molecule has 2 saturated heterocycles. The molecule has 17 heavy (non-hydrogen) atoms. The minimum Gasteiger partial charge on any atom is -0.480 e. The van der Waals surface area contributed by atoms with Crippen molar-refractivity contribution in [1.82, 2.24) is 10.2 Å². The van der Waals surface area contributed by atoms with Gasteiger partial charge in [0.15, 0.2) is 0 Å². The summed E-state index contributed by atoms with van der Waals surface area (Å²) in [5.74, 6) is -0.922. The number of likely N-dealkylation sites (tertiary alicyclic amines) is 1. The van der Waals surface area contributed by atoms with Crippen molar-refractivity contribution in [3.8, 4) is 0 Å². The second kappa shape index (κ2) is 5.35. The second-order valence-electron chi connectivity index (χ2n) is 4.51. The fraction of sp³-hybridized carbons (Fsp3) is 0.818. The van der Waals surface area contributed by atoms with Gasteiger partial charge in [-0.05, 0) is 25.7 Å². The summed E-state index contributed by atoms with van der Waals surface area (Å²) in [5.41, 5.74) is 0. The van der Waals surface area contributed by atoms with Crippen LogP contribution < -0.4 is 5.32 Å². The minimum absolute atomic E-state index is 0.0878. The van der Waals surface area contributed by atoms with Crippen LogP contribution in [0.1, 0.15) is 25.7 Å². The first-order valence-electron chi connectivity index (χ1n) is 6.07. The fourth-order valence-corrected chi connectivity index (χ4v) is 2.37. The lowest BCUT2D eigenvalue weighted by Gasteiger charge is -2.22. The highest BCUT2D eigenvalue weighted by Gasteiger charge is 2.34. The highest BCUT2D eigenvalue weighted by atomic mass is 16.5. The molecule has 2 aliphatic rings. The van der Waals surface area contributed by atoms with E-state index in [9.17, 15) is 9.59 Å². The number of nitrogens with one attached hydrogen (secondary N) is 1. The number of carboxylic acids is 1. The SMILES string of the molecule is O=C(O)C1CCCN1C(=O)NCC1CCCO1. The van der Waals surface area contributed by atoms with E-state index < -0.39 is 12.0 Å². The summed E-state index contributed by atoms with van der Waals surface area (Å²) in [4.78, 5) is 24.1. The number of urea groups is 1. The number of ether oxygens (including phenoxy) is 1. The van der Waals surface area contributed by atoms with Crippen molar-refractivity contribution in [3.05, 3.63) is 0 Å². The maximum atomic E-state index is 11.8. The molecule has 2 unspecified atom stereocenters. The smallest absolute Gasteiger partial charge is 0.326 e. The molecule has 2 atom stereocenters. The van der Waals surface area contributed by atoms with E-state index in [1.807, 2.05) is 0 Å². The van der Waals surface area contributed by atoms with Gasteiger partial charge < -0.3 is 20.1 Å². The Bertz CT molecular complexity index is 302. The van der Waals surface area contributed by atoms with E-state index in [-0.39, 0.29) is 12.1 Å². The molecule has 0 saturated carbocycles. The number of carbonyl (C=O) groups is 2. The molecule has 96 valence electrons. The Balaban J connectivity index is 1.80. The zero-order chi connectivity index (χ0) is 12.3.